The number of carbonyl (C=O) groups excluding carboxylic acids is 1. The van der Waals surface area contributed by atoms with E-state index in [2.05, 4.69) is 35.0 Å². The molecule has 0 N–H and O–H groups in total. The average Bonchev–Trinajstić information content (AvgIpc) is 2.74. The molecule has 1 saturated heterocycles. The Kier molecular flexibility index (Phi) is 7.66. The van der Waals surface area contributed by atoms with Gasteiger partial charge < -0.3 is 9.47 Å². The highest BCUT2D eigenvalue weighted by molar-refractivity contribution is 5.89. The van der Waals surface area contributed by atoms with Gasteiger partial charge in [-0.25, -0.2) is 4.79 Å². The van der Waals surface area contributed by atoms with Crippen LogP contribution in [0.25, 0.3) is 0 Å². The molecule has 3 rings (SSSR count). The van der Waals surface area contributed by atoms with Crippen LogP contribution in [0, 0.1) is 17.8 Å². The van der Waals surface area contributed by atoms with Gasteiger partial charge in [0, 0.05) is 25.2 Å². The van der Waals surface area contributed by atoms with Crippen LogP contribution in [0.15, 0.2) is 60.2 Å². The molecule has 0 bridgehead atoms. The Balaban J connectivity index is 1.46. The van der Waals surface area contributed by atoms with Crippen molar-refractivity contribution < 1.29 is 14.3 Å². The molecule has 4 nitrogen and oxygen atoms in total. The lowest BCUT2D eigenvalue weighted by Crippen LogP contribution is -2.39. The van der Waals surface area contributed by atoms with Crippen LogP contribution in [-0.2, 0) is 9.47 Å². The summed E-state index contributed by atoms with van der Waals surface area (Å²) >= 11 is 0. The number of morpholine rings is 1. The number of esters is 1. The number of hydrogen-bond donors (Lipinski definition) is 0. The van der Waals surface area contributed by atoms with Gasteiger partial charge in [-0.2, -0.15) is 0 Å². The van der Waals surface area contributed by atoms with Crippen molar-refractivity contribution >= 4 is 5.97 Å². The molecule has 1 aliphatic carbocycles. The number of nitrogens with zero attached hydrogens (tertiary/aromatic N) is 1. The van der Waals surface area contributed by atoms with Gasteiger partial charge >= 0.3 is 5.97 Å². The van der Waals surface area contributed by atoms with Crippen LogP contribution in [0.4, 0.5) is 0 Å². The first-order valence-corrected chi connectivity index (χ1v) is 9.88. The molecular formula is C24H27NO3. The summed E-state index contributed by atoms with van der Waals surface area (Å²) in [5.74, 6) is 6.42. The topological polar surface area (TPSA) is 38.8 Å². The zero-order valence-corrected chi connectivity index (χ0v) is 16.4. The number of benzene rings is 1. The molecule has 0 spiro atoms. The minimum Gasteiger partial charge on any atom is -0.462 e. The first-order chi connectivity index (χ1) is 13.7. The van der Waals surface area contributed by atoms with E-state index in [1.165, 1.54) is 5.57 Å². The molecule has 4 heteroatoms. The van der Waals surface area contributed by atoms with Crippen LogP contribution in [-0.4, -0.2) is 50.3 Å². The second kappa shape index (κ2) is 10.7. The van der Waals surface area contributed by atoms with Crippen LogP contribution in [0.1, 0.15) is 29.3 Å². The Bertz CT molecular complexity index is 802. The lowest BCUT2D eigenvalue weighted by Gasteiger charge is -2.29. The van der Waals surface area contributed by atoms with E-state index >= 15 is 0 Å². The Morgan fingerprint density at radius 2 is 2.07 bits per heavy atom. The molecule has 1 atom stereocenters. The summed E-state index contributed by atoms with van der Waals surface area (Å²) in [7, 11) is 0. The molecule has 1 fully saturated rings. The van der Waals surface area contributed by atoms with E-state index in [0.717, 1.165) is 44.8 Å². The van der Waals surface area contributed by atoms with Crippen LogP contribution in [0.3, 0.4) is 0 Å². The summed E-state index contributed by atoms with van der Waals surface area (Å²) in [4.78, 5) is 14.1. The largest absolute Gasteiger partial charge is 0.462 e. The van der Waals surface area contributed by atoms with Crippen molar-refractivity contribution in [3.05, 3.63) is 71.3 Å². The van der Waals surface area contributed by atoms with Crippen molar-refractivity contribution in [2.75, 3.05) is 39.5 Å². The monoisotopic (exact) mass is 377 g/mol. The Hall–Kier alpha value is -2.61. The van der Waals surface area contributed by atoms with E-state index in [9.17, 15) is 4.79 Å². The van der Waals surface area contributed by atoms with E-state index in [1.807, 2.05) is 24.3 Å². The molecule has 1 aliphatic heterocycles. The van der Waals surface area contributed by atoms with Crippen LogP contribution in [0.5, 0.6) is 0 Å². The fraction of sp³-hybridized carbons (Fsp3) is 0.375. The molecule has 1 aromatic rings. The maximum Gasteiger partial charge on any atom is 0.338 e. The lowest BCUT2D eigenvalue weighted by molar-refractivity contribution is 0.0335. The minimum absolute atomic E-state index is 0.301. The second-order valence-corrected chi connectivity index (χ2v) is 6.87. The SMILES string of the molecule is CCOC(=O)c1ccc(C#C/C=C\C2=CCC(CN3CCOCC3)C=C2)cc1. The minimum atomic E-state index is -0.301. The van der Waals surface area contributed by atoms with Crippen LogP contribution < -0.4 is 0 Å². The molecule has 2 aliphatic rings. The fourth-order valence-electron chi connectivity index (χ4n) is 3.22. The van der Waals surface area contributed by atoms with E-state index in [0.29, 0.717) is 18.1 Å². The van der Waals surface area contributed by atoms with Gasteiger partial charge in [0.2, 0.25) is 0 Å². The van der Waals surface area contributed by atoms with Crippen LogP contribution in [0.2, 0.25) is 0 Å². The van der Waals surface area contributed by atoms with Gasteiger partial charge in [-0.1, -0.05) is 30.1 Å². The summed E-state index contributed by atoms with van der Waals surface area (Å²) in [6, 6.07) is 7.16. The third-order valence-corrected chi connectivity index (χ3v) is 4.79. The van der Waals surface area contributed by atoms with E-state index in [4.69, 9.17) is 9.47 Å². The molecule has 1 heterocycles. The Morgan fingerprint density at radius 3 is 2.75 bits per heavy atom. The summed E-state index contributed by atoms with van der Waals surface area (Å²) in [5, 5.41) is 0. The molecule has 0 radical (unpaired) electrons. The normalized spacial score (nSPS) is 19.8. The van der Waals surface area contributed by atoms with Gasteiger partial charge in [-0.05, 0) is 61.3 Å². The highest BCUT2D eigenvalue weighted by Gasteiger charge is 2.15. The summed E-state index contributed by atoms with van der Waals surface area (Å²) in [5.41, 5.74) is 2.62. The number of ether oxygens (including phenoxy) is 2. The lowest BCUT2D eigenvalue weighted by atomic mass is 9.96. The smallest absolute Gasteiger partial charge is 0.338 e. The predicted octanol–water partition coefficient (Wildman–Crippen LogP) is 3.61. The van der Waals surface area contributed by atoms with E-state index in [-0.39, 0.29) is 5.97 Å². The maximum atomic E-state index is 11.6. The highest BCUT2D eigenvalue weighted by Crippen LogP contribution is 2.18. The number of rotatable bonds is 5. The van der Waals surface area contributed by atoms with Crippen LogP contribution >= 0.6 is 0 Å². The summed E-state index contributed by atoms with van der Waals surface area (Å²) in [6.45, 7) is 7.06. The highest BCUT2D eigenvalue weighted by atomic mass is 16.5. The van der Waals surface area contributed by atoms with E-state index in [1.54, 1.807) is 19.1 Å². The van der Waals surface area contributed by atoms with Crippen molar-refractivity contribution in [2.24, 2.45) is 5.92 Å². The predicted molar refractivity (Wildman–Crippen MR) is 111 cm³/mol. The van der Waals surface area contributed by atoms with Gasteiger partial charge in [-0.3, -0.25) is 4.90 Å². The summed E-state index contributed by atoms with van der Waals surface area (Å²) in [6.07, 6.45) is 11.7. The zero-order valence-electron chi connectivity index (χ0n) is 16.4. The van der Waals surface area contributed by atoms with Crippen molar-refractivity contribution in [3.63, 3.8) is 0 Å². The summed E-state index contributed by atoms with van der Waals surface area (Å²) < 4.78 is 10.4. The van der Waals surface area contributed by atoms with Gasteiger partial charge in [0.1, 0.15) is 0 Å². The molecular weight excluding hydrogens is 350 g/mol. The second-order valence-electron chi connectivity index (χ2n) is 6.87. The molecule has 0 aromatic heterocycles. The first-order valence-electron chi connectivity index (χ1n) is 9.88. The molecule has 0 saturated carbocycles. The van der Waals surface area contributed by atoms with Crippen molar-refractivity contribution in [1.29, 1.82) is 0 Å². The number of hydrogen-bond acceptors (Lipinski definition) is 4. The third-order valence-electron chi connectivity index (χ3n) is 4.79. The average molecular weight is 377 g/mol. The zero-order chi connectivity index (χ0) is 19.6. The van der Waals surface area contributed by atoms with Gasteiger partial charge in [0.15, 0.2) is 0 Å². The van der Waals surface area contributed by atoms with Gasteiger partial charge in [-0.15, -0.1) is 0 Å². The molecule has 28 heavy (non-hydrogen) atoms. The van der Waals surface area contributed by atoms with Gasteiger partial charge in [0.25, 0.3) is 0 Å². The standard InChI is InChI=1S/C24H27NO3/c1-2-28-24(26)23-13-11-21(12-14-23)6-4-3-5-20-7-9-22(10-8-20)19-25-15-17-27-18-16-25/h3,5,7-9,11-14,22H,2,10,15-19H2,1H3/b5-3-. The quantitative estimate of drug-likeness (QED) is 0.581. The third kappa shape index (κ3) is 6.23. The molecule has 1 unspecified atom stereocenters. The van der Waals surface area contributed by atoms with Crippen molar-refractivity contribution in [2.45, 2.75) is 13.3 Å². The molecule has 1 aromatic carbocycles. The molecule has 0 amide bonds. The number of allylic oxidation sites excluding steroid dienone is 5. The first kappa shape index (κ1) is 20.1. The van der Waals surface area contributed by atoms with Crippen molar-refractivity contribution in [1.82, 2.24) is 4.90 Å². The maximum absolute atomic E-state index is 11.6. The van der Waals surface area contributed by atoms with E-state index < -0.39 is 0 Å². The Labute approximate surface area is 167 Å². The molecule has 146 valence electrons. The Morgan fingerprint density at radius 1 is 1.29 bits per heavy atom. The number of carbonyl (C=O) groups is 1. The fourth-order valence-corrected chi connectivity index (χ4v) is 3.22. The van der Waals surface area contributed by atoms with Crippen molar-refractivity contribution in [3.8, 4) is 11.8 Å². The van der Waals surface area contributed by atoms with Gasteiger partial charge in [0.05, 0.1) is 25.4 Å².